The number of carbonyl (C=O) groups is 1. The zero-order chi connectivity index (χ0) is 19.5. The van der Waals surface area contributed by atoms with E-state index in [0.29, 0.717) is 11.4 Å². The number of aromatic nitrogens is 2. The molecule has 1 amide bonds. The molecule has 6 heteroatoms. The second-order valence-electron chi connectivity index (χ2n) is 6.30. The van der Waals surface area contributed by atoms with Crippen molar-refractivity contribution in [2.45, 2.75) is 6.54 Å². The minimum absolute atomic E-state index is 0.270. The van der Waals surface area contributed by atoms with Crippen LogP contribution in [0.3, 0.4) is 0 Å². The molecule has 4 rings (SSSR count). The van der Waals surface area contributed by atoms with Crippen molar-refractivity contribution in [1.82, 2.24) is 9.78 Å². The van der Waals surface area contributed by atoms with Gasteiger partial charge in [-0.2, -0.15) is 5.10 Å². The first-order chi connectivity index (χ1) is 13.6. The van der Waals surface area contributed by atoms with Crippen molar-refractivity contribution in [2.75, 3.05) is 5.32 Å². The Morgan fingerprint density at radius 2 is 1.75 bits per heavy atom. The second-order valence-corrected chi connectivity index (χ2v) is 6.30. The van der Waals surface area contributed by atoms with Gasteiger partial charge in [0.2, 0.25) is 5.91 Å². The summed E-state index contributed by atoms with van der Waals surface area (Å²) in [5.41, 5.74) is 1.40. The van der Waals surface area contributed by atoms with Crippen LogP contribution in [0.5, 0.6) is 0 Å². The smallest absolute Gasteiger partial charge is 0.267 e. The number of benzene rings is 3. The molecule has 3 aromatic carbocycles. The molecule has 0 aliphatic heterocycles. The third-order valence-corrected chi connectivity index (χ3v) is 4.33. The van der Waals surface area contributed by atoms with Crippen molar-refractivity contribution in [1.29, 1.82) is 0 Å². The fourth-order valence-corrected chi connectivity index (χ4v) is 3.06. The molecular weight excluding hydrogens is 357 g/mol. The zero-order valence-electron chi connectivity index (χ0n) is 14.8. The number of carbonyl (C=O) groups excluding carboxylic acids is 1. The standard InChI is InChI=1S/C22H16FN3O2/c23-16-7-4-8-17(13-16)24-21(27)14-26-22(28)12-11-20(25-26)19-10-3-6-15-5-1-2-9-18(15)19/h1-13H,14H2,(H,24,27). The highest BCUT2D eigenvalue weighted by Crippen LogP contribution is 2.26. The Hall–Kier alpha value is -3.80. The van der Waals surface area contributed by atoms with Crippen molar-refractivity contribution in [3.8, 4) is 11.3 Å². The monoisotopic (exact) mass is 373 g/mol. The molecule has 138 valence electrons. The number of nitrogens with zero attached hydrogens (tertiary/aromatic N) is 2. The Kier molecular flexibility index (Phi) is 4.68. The number of nitrogens with one attached hydrogen (secondary N) is 1. The normalized spacial score (nSPS) is 10.8. The Balaban J connectivity index is 1.64. The summed E-state index contributed by atoms with van der Waals surface area (Å²) in [5, 5.41) is 8.99. The van der Waals surface area contributed by atoms with Gasteiger partial charge in [-0.05, 0) is 35.0 Å². The third-order valence-electron chi connectivity index (χ3n) is 4.33. The molecule has 0 spiro atoms. The maximum Gasteiger partial charge on any atom is 0.267 e. The van der Waals surface area contributed by atoms with Gasteiger partial charge < -0.3 is 5.32 Å². The third kappa shape index (κ3) is 3.66. The van der Waals surface area contributed by atoms with Crippen LogP contribution in [0.4, 0.5) is 10.1 Å². The van der Waals surface area contributed by atoms with Gasteiger partial charge in [0.15, 0.2) is 0 Å². The van der Waals surface area contributed by atoms with Crippen LogP contribution in [0.15, 0.2) is 83.7 Å². The topological polar surface area (TPSA) is 64.0 Å². The van der Waals surface area contributed by atoms with Gasteiger partial charge in [0, 0.05) is 17.3 Å². The van der Waals surface area contributed by atoms with Crippen molar-refractivity contribution in [3.63, 3.8) is 0 Å². The maximum absolute atomic E-state index is 13.3. The van der Waals surface area contributed by atoms with Crippen LogP contribution < -0.4 is 10.9 Å². The number of hydrogen-bond acceptors (Lipinski definition) is 3. The predicted molar refractivity (Wildman–Crippen MR) is 106 cm³/mol. The molecule has 1 heterocycles. The van der Waals surface area contributed by atoms with Crippen LogP contribution >= 0.6 is 0 Å². The Morgan fingerprint density at radius 3 is 2.61 bits per heavy atom. The summed E-state index contributed by atoms with van der Waals surface area (Å²) >= 11 is 0. The van der Waals surface area contributed by atoms with Gasteiger partial charge in [-0.15, -0.1) is 0 Å². The zero-order valence-corrected chi connectivity index (χ0v) is 14.8. The van der Waals surface area contributed by atoms with E-state index in [1.165, 1.54) is 24.3 Å². The Morgan fingerprint density at radius 1 is 0.964 bits per heavy atom. The molecule has 0 aliphatic rings. The lowest BCUT2D eigenvalue weighted by atomic mass is 10.0. The average Bonchev–Trinajstić information content (AvgIpc) is 2.69. The number of halogens is 1. The van der Waals surface area contributed by atoms with Gasteiger partial charge in [-0.25, -0.2) is 9.07 Å². The lowest BCUT2D eigenvalue weighted by Crippen LogP contribution is -2.29. The van der Waals surface area contributed by atoms with Crippen LogP contribution in [0.2, 0.25) is 0 Å². The van der Waals surface area contributed by atoms with E-state index in [1.54, 1.807) is 12.1 Å². The minimum Gasteiger partial charge on any atom is -0.324 e. The van der Waals surface area contributed by atoms with Crippen LogP contribution in [-0.4, -0.2) is 15.7 Å². The molecule has 0 fully saturated rings. The predicted octanol–water partition coefficient (Wildman–Crippen LogP) is 3.84. The van der Waals surface area contributed by atoms with Crippen LogP contribution in [0.1, 0.15) is 0 Å². The highest BCUT2D eigenvalue weighted by molar-refractivity contribution is 5.95. The first-order valence-corrected chi connectivity index (χ1v) is 8.72. The van der Waals surface area contributed by atoms with E-state index in [9.17, 15) is 14.0 Å². The first kappa shape index (κ1) is 17.6. The minimum atomic E-state index is -0.463. The number of amides is 1. The molecule has 0 atom stereocenters. The molecule has 28 heavy (non-hydrogen) atoms. The van der Waals surface area contributed by atoms with E-state index in [-0.39, 0.29) is 6.54 Å². The van der Waals surface area contributed by atoms with E-state index in [0.717, 1.165) is 21.0 Å². The van der Waals surface area contributed by atoms with Crippen LogP contribution in [0.25, 0.3) is 22.0 Å². The van der Waals surface area contributed by atoms with Gasteiger partial charge in [0.25, 0.3) is 5.56 Å². The van der Waals surface area contributed by atoms with Gasteiger partial charge in [0.1, 0.15) is 12.4 Å². The molecule has 0 saturated heterocycles. The summed E-state index contributed by atoms with van der Waals surface area (Å²) in [5.74, 6) is -0.915. The molecule has 0 bridgehead atoms. The summed E-state index contributed by atoms with van der Waals surface area (Å²) < 4.78 is 14.4. The van der Waals surface area contributed by atoms with Crippen molar-refractivity contribution in [3.05, 3.63) is 95.0 Å². The first-order valence-electron chi connectivity index (χ1n) is 8.72. The van der Waals surface area contributed by atoms with E-state index in [2.05, 4.69) is 10.4 Å². The van der Waals surface area contributed by atoms with Crippen molar-refractivity contribution >= 4 is 22.4 Å². The summed E-state index contributed by atoms with van der Waals surface area (Å²) in [4.78, 5) is 24.4. The summed E-state index contributed by atoms with van der Waals surface area (Å²) in [6, 6.07) is 22.3. The van der Waals surface area contributed by atoms with E-state index in [1.807, 2.05) is 42.5 Å². The lowest BCUT2D eigenvalue weighted by Gasteiger charge is -2.10. The van der Waals surface area contributed by atoms with Gasteiger partial charge in [-0.1, -0.05) is 48.5 Å². The number of anilines is 1. The molecule has 1 aromatic heterocycles. The highest BCUT2D eigenvalue weighted by atomic mass is 19.1. The molecule has 5 nitrogen and oxygen atoms in total. The highest BCUT2D eigenvalue weighted by Gasteiger charge is 2.10. The number of hydrogen-bond donors (Lipinski definition) is 1. The summed E-state index contributed by atoms with van der Waals surface area (Å²) in [6.07, 6.45) is 0. The second kappa shape index (κ2) is 7.44. The molecule has 0 unspecified atom stereocenters. The lowest BCUT2D eigenvalue weighted by molar-refractivity contribution is -0.117. The van der Waals surface area contributed by atoms with Gasteiger partial charge in [-0.3, -0.25) is 9.59 Å². The molecule has 0 aliphatic carbocycles. The summed E-state index contributed by atoms with van der Waals surface area (Å²) in [6.45, 7) is -0.270. The molecule has 0 saturated carbocycles. The SMILES string of the molecule is O=C(Cn1nc(-c2cccc3ccccc23)ccc1=O)Nc1cccc(F)c1. The van der Waals surface area contributed by atoms with E-state index in [4.69, 9.17) is 0 Å². The number of fused-ring (bicyclic) bond motifs is 1. The molecule has 4 aromatic rings. The largest absolute Gasteiger partial charge is 0.324 e. The van der Waals surface area contributed by atoms with Crippen LogP contribution in [-0.2, 0) is 11.3 Å². The van der Waals surface area contributed by atoms with E-state index >= 15 is 0 Å². The van der Waals surface area contributed by atoms with Crippen molar-refractivity contribution < 1.29 is 9.18 Å². The Labute approximate surface area is 160 Å². The molecule has 0 radical (unpaired) electrons. The maximum atomic E-state index is 13.3. The average molecular weight is 373 g/mol. The summed E-state index contributed by atoms with van der Waals surface area (Å²) in [7, 11) is 0. The van der Waals surface area contributed by atoms with Crippen LogP contribution in [0, 0.1) is 5.82 Å². The fourth-order valence-electron chi connectivity index (χ4n) is 3.06. The quantitative estimate of drug-likeness (QED) is 0.591. The molecular formula is C22H16FN3O2. The van der Waals surface area contributed by atoms with E-state index < -0.39 is 17.3 Å². The number of rotatable bonds is 4. The van der Waals surface area contributed by atoms with Crippen molar-refractivity contribution in [2.24, 2.45) is 0 Å². The van der Waals surface area contributed by atoms with Gasteiger partial charge in [0.05, 0.1) is 5.69 Å². The Bertz CT molecular complexity index is 1230. The molecule has 1 N–H and O–H groups in total. The fraction of sp³-hybridized carbons (Fsp3) is 0.0455. The van der Waals surface area contributed by atoms with Gasteiger partial charge >= 0.3 is 0 Å².